The van der Waals surface area contributed by atoms with E-state index >= 15 is 0 Å². The normalized spacial score (nSPS) is 12.2. The summed E-state index contributed by atoms with van der Waals surface area (Å²) in [5.41, 5.74) is 0.192. The lowest BCUT2D eigenvalue weighted by Crippen LogP contribution is -2.48. The number of hydrogen-bond donors (Lipinski definition) is 1. The van der Waals surface area contributed by atoms with Gasteiger partial charge in [-0.2, -0.15) is 0 Å². The van der Waals surface area contributed by atoms with Gasteiger partial charge in [0.25, 0.3) is 0 Å². The Balaban J connectivity index is 1.65. The lowest BCUT2D eigenvalue weighted by Gasteiger charge is -2.29. The van der Waals surface area contributed by atoms with Crippen LogP contribution in [0.5, 0.6) is 11.5 Å². The summed E-state index contributed by atoms with van der Waals surface area (Å²) in [6.45, 7) is 1.94. The molecule has 9 heteroatoms. The Labute approximate surface area is 192 Å². The molecule has 0 aromatic heterocycles. The Morgan fingerprint density at radius 2 is 1.81 bits per heavy atom. The van der Waals surface area contributed by atoms with Gasteiger partial charge in [0, 0.05) is 5.02 Å². The van der Waals surface area contributed by atoms with Gasteiger partial charge in [-0.15, -0.1) is 0 Å². The molecular formula is C23H25ClN2O5S. The summed E-state index contributed by atoms with van der Waals surface area (Å²) in [5, 5.41) is 5.21. The average molecular weight is 477 g/mol. The van der Waals surface area contributed by atoms with Gasteiger partial charge in [-0.1, -0.05) is 41.9 Å². The number of nitrogens with one attached hydrogen (secondary N) is 1. The van der Waals surface area contributed by atoms with Gasteiger partial charge in [-0.05, 0) is 48.0 Å². The first kappa shape index (κ1) is 23.7. The van der Waals surface area contributed by atoms with Gasteiger partial charge < -0.3 is 14.8 Å². The second-order valence-corrected chi connectivity index (χ2v) is 9.50. The van der Waals surface area contributed by atoms with Gasteiger partial charge in [-0.3, -0.25) is 9.10 Å². The predicted molar refractivity (Wildman–Crippen MR) is 127 cm³/mol. The van der Waals surface area contributed by atoms with Crippen molar-refractivity contribution in [3.63, 3.8) is 0 Å². The minimum Gasteiger partial charge on any atom is -0.495 e. The van der Waals surface area contributed by atoms with E-state index in [1.54, 1.807) is 12.1 Å². The van der Waals surface area contributed by atoms with E-state index in [1.165, 1.54) is 20.1 Å². The Morgan fingerprint density at radius 3 is 2.50 bits per heavy atom. The smallest absolute Gasteiger partial charge is 0.243 e. The monoisotopic (exact) mass is 476 g/mol. The number of nitrogens with zero attached hydrogens (tertiary/aromatic N) is 1. The molecule has 1 N–H and O–H groups in total. The zero-order valence-electron chi connectivity index (χ0n) is 18.0. The molecule has 0 saturated heterocycles. The minimum absolute atomic E-state index is 0.192. The number of methoxy groups -OCH3 is 1. The zero-order valence-corrected chi connectivity index (χ0v) is 19.6. The second kappa shape index (κ2) is 10.1. The van der Waals surface area contributed by atoms with E-state index in [0.29, 0.717) is 16.5 Å². The van der Waals surface area contributed by atoms with E-state index in [2.05, 4.69) is 5.32 Å². The largest absolute Gasteiger partial charge is 0.495 e. The van der Waals surface area contributed by atoms with Gasteiger partial charge in [-0.25, -0.2) is 8.42 Å². The zero-order chi connectivity index (χ0) is 23.3. The van der Waals surface area contributed by atoms with Crippen LogP contribution in [-0.4, -0.2) is 46.9 Å². The maximum absolute atomic E-state index is 12.7. The van der Waals surface area contributed by atoms with Crippen molar-refractivity contribution in [1.82, 2.24) is 5.32 Å². The fourth-order valence-corrected chi connectivity index (χ4v) is 4.70. The number of carbonyl (C=O) groups excluding carboxylic acids is 1. The summed E-state index contributed by atoms with van der Waals surface area (Å²) in [7, 11) is -2.38. The van der Waals surface area contributed by atoms with Gasteiger partial charge in [0.1, 0.15) is 24.1 Å². The van der Waals surface area contributed by atoms with Gasteiger partial charge in [0.15, 0.2) is 0 Å². The molecule has 1 amide bonds. The Bertz CT molecular complexity index is 1220. The number of fused-ring (bicyclic) bond motifs is 1. The summed E-state index contributed by atoms with van der Waals surface area (Å²) in [5.74, 6) is 0.506. The highest BCUT2D eigenvalue weighted by Crippen LogP contribution is 2.34. The summed E-state index contributed by atoms with van der Waals surface area (Å²) in [6, 6.07) is 17.3. The predicted octanol–water partition coefficient (Wildman–Crippen LogP) is 3.85. The highest BCUT2D eigenvalue weighted by molar-refractivity contribution is 7.92. The standard InChI is InChI=1S/C23H25ClN2O5S/c1-16(26(32(3,28)29)21-15-19(24)9-11-22(21)30-2)23(27)25-12-13-31-20-10-8-17-6-4-5-7-18(17)14-20/h4-11,14-16H,12-13H2,1-3H3,(H,25,27)/t16-/m0/s1. The number of ether oxygens (including phenoxy) is 2. The van der Waals surface area contributed by atoms with Crippen LogP contribution in [0.25, 0.3) is 10.8 Å². The maximum Gasteiger partial charge on any atom is 0.243 e. The molecule has 0 radical (unpaired) electrons. The number of anilines is 1. The van der Waals surface area contributed by atoms with E-state index in [-0.39, 0.29) is 18.8 Å². The van der Waals surface area contributed by atoms with Crippen LogP contribution >= 0.6 is 11.6 Å². The molecule has 0 unspecified atom stereocenters. The van der Waals surface area contributed by atoms with Gasteiger partial charge in [0.05, 0.1) is 25.6 Å². The Kier molecular flexibility index (Phi) is 7.48. The van der Waals surface area contributed by atoms with Crippen LogP contribution in [-0.2, 0) is 14.8 Å². The number of sulfonamides is 1. The molecule has 3 aromatic rings. The van der Waals surface area contributed by atoms with Crippen molar-refractivity contribution in [3.8, 4) is 11.5 Å². The van der Waals surface area contributed by atoms with E-state index in [9.17, 15) is 13.2 Å². The molecular weight excluding hydrogens is 452 g/mol. The summed E-state index contributed by atoms with van der Waals surface area (Å²) in [6.07, 6.45) is 1.03. The van der Waals surface area contributed by atoms with Crippen LogP contribution in [0.4, 0.5) is 5.69 Å². The van der Waals surface area contributed by atoms with E-state index in [0.717, 1.165) is 21.3 Å². The van der Waals surface area contributed by atoms with Crippen LogP contribution in [0, 0.1) is 0 Å². The van der Waals surface area contributed by atoms with Crippen molar-refractivity contribution in [2.75, 3.05) is 30.8 Å². The van der Waals surface area contributed by atoms with Crippen LogP contribution in [0.15, 0.2) is 60.7 Å². The Hall–Kier alpha value is -2.97. The molecule has 7 nitrogen and oxygen atoms in total. The Morgan fingerprint density at radius 1 is 1.09 bits per heavy atom. The summed E-state index contributed by atoms with van der Waals surface area (Å²) in [4.78, 5) is 12.7. The van der Waals surface area contributed by atoms with E-state index in [1.807, 2.05) is 42.5 Å². The van der Waals surface area contributed by atoms with Crippen molar-refractivity contribution in [2.45, 2.75) is 13.0 Å². The van der Waals surface area contributed by atoms with Crippen LogP contribution in [0.3, 0.4) is 0 Å². The SMILES string of the molecule is COc1ccc(Cl)cc1N([C@@H](C)C(=O)NCCOc1ccc2ccccc2c1)S(C)(=O)=O. The van der Waals surface area contributed by atoms with E-state index in [4.69, 9.17) is 21.1 Å². The van der Waals surface area contributed by atoms with Crippen molar-refractivity contribution < 1.29 is 22.7 Å². The molecule has 0 spiro atoms. The molecule has 1 atom stereocenters. The first-order chi connectivity index (χ1) is 15.2. The minimum atomic E-state index is -3.80. The fraction of sp³-hybridized carbons (Fsp3) is 0.261. The van der Waals surface area contributed by atoms with Gasteiger partial charge in [0.2, 0.25) is 15.9 Å². The highest BCUT2D eigenvalue weighted by Gasteiger charge is 2.31. The number of halogens is 1. The van der Waals surface area contributed by atoms with E-state index < -0.39 is 22.0 Å². The fourth-order valence-electron chi connectivity index (χ4n) is 3.36. The first-order valence-corrected chi connectivity index (χ1v) is 12.2. The molecule has 0 aliphatic carbocycles. The molecule has 3 aromatic carbocycles. The summed E-state index contributed by atoms with van der Waals surface area (Å²) < 4.78 is 37.0. The maximum atomic E-state index is 12.7. The quantitative estimate of drug-likeness (QED) is 0.474. The van der Waals surface area contributed by atoms with Crippen LogP contribution in [0.2, 0.25) is 5.02 Å². The van der Waals surface area contributed by atoms with Crippen LogP contribution in [0.1, 0.15) is 6.92 Å². The molecule has 3 rings (SSSR count). The third kappa shape index (κ3) is 5.63. The summed E-state index contributed by atoms with van der Waals surface area (Å²) >= 11 is 6.06. The average Bonchev–Trinajstić information content (AvgIpc) is 2.75. The number of rotatable bonds is 9. The lowest BCUT2D eigenvalue weighted by atomic mass is 10.1. The molecule has 0 bridgehead atoms. The molecule has 0 heterocycles. The highest BCUT2D eigenvalue weighted by atomic mass is 35.5. The van der Waals surface area contributed by atoms with Crippen molar-refractivity contribution in [1.29, 1.82) is 0 Å². The van der Waals surface area contributed by atoms with Crippen LogP contribution < -0.4 is 19.1 Å². The number of benzene rings is 3. The van der Waals surface area contributed by atoms with Crippen molar-refractivity contribution >= 4 is 44.0 Å². The van der Waals surface area contributed by atoms with Crippen molar-refractivity contribution in [3.05, 3.63) is 65.7 Å². The molecule has 0 fully saturated rings. The number of carbonyl (C=O) groups is 1. The molecule has 32 heavy (non-hydrogen) atoms. The van der Waals surface area contributed by atoms with Crippen molar-refractivity contribution in [2.24, 2.45) is 0 Å². The topological polar surface area (TPSA) is 84.9 Å². The molecule has 170 valence electrons. The number of hydrogen-bond acceptors (Lipinski definition) is 5. The number of amides is 1. The molecule has 0 saturated carbocycles. The molecule has 0 aliphatic heterocycles. The third-order valence-corrected chi connectivity index (χ3v) is 6.32. The van der Waals surface area contributed by atoms with Gasteiger partial charge >= 0.3 is 0 Å². The second-order valence-electron chi connectivity index (χ2n) is 7.20. The first-order valence-electron chi connectivity index (χ1n) is 9.93. The molecule has 0 aliphatic rings. The lowest BCUT2D eigenvalue weighted by molar-refractivity contribution is -0.121. The third-order valence-electron chi connectivity index (χ3n) is 4.86.